The molecule has 6 nitrogen and oxygen atoms in total. The highest BCUT2D eigenvalue weighted by Crippen LogP contribution is 2.22. The van der Waals surface area contributed by atoms with E-state index in [1.54, 1.807) is 0 Å². The molecule has 178 valence electrons. The number of halogens is 1. The van der Waals surface area contributed by atoms with E-state index in [0.717, 1.165) is 62.9 Å². The summed E-state index contributed by atoms with van der Waals surface area (Å²) in [6, 6.07) is 16.2. The van der Waals surface area contributed by atoms with Crippen molar-refractivity contribution in [2.24, 2.45) is 0 Å². The summed E-state index contributed by atoms with van der Waals surface area (Å²) < 4.78 is 5.82. The zero-order valence-corrected chi connectivity index (χ0v) is 20.4. The van der Waals surface area contributed by atoms with E-state index in [1.165, 1.54) is 11.3 Å². The van der Waals surface area contributed by atoms with Gasteiger partial charge < -0.3 is 15.0 Å². The van der Waals surface area contributed by atoms with Crippen LogP contribution in [0.4, 0.5) is 11.4 Å². The van der Waals surface area contributed by atoms with E-state index in [-0.39, 0.29) is 18.1 Å². The number of nitrogens with zero attached hydrogens (tertiary/aromatic N) is 3. The maximum Gasteiger partial charge on any atom is 0.238 e. The molecule has 2 unspecified atom stereocenters. The molecule has 1 N–H and O–H groups in total. The van der Waals surface area contributed by atoms with Crippen LogP contribution in [0.1, 0.15) is 25.8 Å². The van der Waals surface area contributed by atoms with Crippen molar-refractivity contribution in [3.63, 3.8) is 0 Å². The molecule has 2 fully saturated rings. The van der Waals surface area contributed by atoms with Crippen molar-refractivity contribution < 1.29 is 9.53 Å². The molecule has 2 aromatic rings. The van der Waals surface area contributed by atoms with Crippen LogP contribution >= 0.6 is 11.6 Å². The monoisotopic (exact) mass is 470 g/mol. The quantitative estimate of drug-likeness (QED) is 0.688. The van der Waals surface area contributed by atoms with Gasteiger partial charge in [0.2, 0.25) is 5.91 Å². The molecule has 2 saturated heterocycles. The van der Waals surface area contributed by atoms with E-state index in [2.05, 4.69) is 58.1 Å². The van der Waals surface area contributed by atoms with Crippen LogP contribution in [0, 0.1) is 0 Å². The third-order valence-electron chi connectivity index (χ3n) is 6.30. The van der Waals surface area contributed by atoms with Gasteiger partial charge in [-0.3, -0.25) is 14.6 Å². The minimum Gasteiger partial charge on any atom is -0.372 e. The molecule has 2 atom stereocenters. The van der Waals surface area contributed by atoms with E-state index in [1.807, 2.05) is 24.3 Å². The molecule has 4 rings (SSSR count). The Balaban J connectivity index is 1.23. The molecule has 2 aromatic carbocycles. The number of morpholine rings is 1. The van der Waals surface area contributed by atoms with Crippen molar-refractivity contribution in [2.75, 3.05) is 56.0 Å². The molecule has 0 aromatic heterocycles. The van der Waals surface area contributed by atoms with Crippen molar-refractivity contribution in [1.29, 1.82) is 0 Å². The van der Waals surface area contributed by atoms with Gasteiger partial charge in [-0.15, -0.1) is 0 Å². The summed E-state index contributed by atoms with van der Waals surface area (Å²) in [5.41, 5.74) is 3.29. The zero-order chi connectivity index (χ0) is 23.2. The molecule has 0 bridgehead atoms. The van der Waals surface area contributed by atoms with E-state index in [9.17, 15) is 4.79 Å². The van der Waals surface area contributed by atoms with Crippen LogP contribution in [0.2, 0.25) is 5.02 Å². The van der Waals surface area contributed by atoms with E-state index < -0.39 is 0 Å². The summed E-state index contributed by atoms with van der Waals surface area (Å²) in [5.74, 6) is 0.0440. The number of carbonyl (C=O) groups is 1. The first kappa shape index (κ1) is 24.0. The average Bonchev–Trinajstić information content (AvgIpc) is 3.00. The normalized spacial score (nSPS) is 22.7. The molecule has 0 spiro atoms. The van der Waals surface area contributed by atoms with Gasteiger partial charge in [0.25, 0.3) is 0 Å². The summed E-state index contributed by atoms with van der Waals surface area (Å²) in [4.78, 5) is 19.7. The molecule has 33 heavy (non-hydrogen) atoms. The minimum absolute atomic E-state index is 0.0440. The highest BCUT2D eigenvalue weighted by molar-refractivity contribution is 6.30. The van der Waals surface area contributed by atoms with Gasteiger partial charge in [0.15, 0.2) is 0 Å². The average molecular weight is 471 g/mol. The first-order valence-electron chi connectivity index (χ1n) is 11.9. The Bertz CT molecular complexity index is 896. The van der Waals surface area contributed by atoms with Crippen LogP contribution in [-0.2, 0) is 16.1 Å². The second kappa shape index (κ2) is 11.3. The maximum atomic E-state index is 12.7. The van der Waals surface area contributed by atoms with E-state index in [0.29, 0.717) is 6.54 Å². The van der Waals surface area contributed by atoms with Crippen molar-refractivity contribution in [3.8, 4) is 0 Å². The topological polar surface area (TPSA) is 48.1 Å². The molecule has 2 heterocycles. The summed E-state index contributed by atoms with van der Waals surface area (Å²) in [7, 11) is 0. The molecule has 0 aliphatic carbocycles. The summed E-state index contributed by atoms with van der Waals surface area (Å²) >= 11 is 5.99. The number of amides is 1. The lowest BCUT2D eigenvalue weighted by atomic mass is 10.2. The number of rotatable bonds is 6. The van der Waals surface area contributed by atoms with Gasteiger partial charge in [-0.1, -0.05) is 23.7 Å². The molecule has 0 radical (unpaired) electrons. The van der Waals surface area contributed by atoms with Crippen LogP contribution in [0.5, 0.6) is 0 Å². The number of hydrogen-bond acceptors (Lipinski definition) is 5. The molecular formula is C26H35ClN4O2. The highest BCUT2D eigenvalue weighted by Gasteiger charge is 2.22. The fourth-order valence-electron chi connectivity index (χ4n) is 4.74. The molecule has 2 aliphatic heterocycles. The van der Waals surface area contributed by atoms with Crippen LogP contribution in [0.3, 0.4) is 0 Å². The van der Waals surface area contributed by atoms with Crippen molar-refractivity contribution in [1.82, 2.24) is 9.80 Å². The summed E-state index contributed by atoms with van der Waals surface area (Å²) in [6.07, 6.45) is 1.51. The number of carbonyl (C=O) groups excluding carboxylic acids is 1. The Morgan fingerprint density at radius 2 is 1.58 bits per heavy atom. The Labute approximate surface area is 202 Å². The molecule has 1 amide bonds. The Kier molecular flexibility index (Phi) is 8.25. The van der Waals surface area contributed by atoms with Gasteiger partial charge in [-0.25, -0.2) is 0 Å². The van der Waals surface area contributed by atoms with Crippen molar-refractivity contribution >= 4 is 28.9 Å². The lowest BCUT2D eigenvalue weighted by Gasteiger charge is -2.36. The summed E-state index contributed by atoms with van der Waals surface area (Å²) in [6.45, 7) is 11.2. The van der Waals surface area contributed by atoms with Gasteiger partial charge in [0.05, 0.1) is 18.8 Å². The summed E-state index contributed by atoms with van der Waals surface area (Å²) in [5, 5.41) is 3.83. The second-order valence-electron chi connectivity index (χ2n) is 9.29. The predicted octanol–water partition coefficient (Wildman–Crippen LogP) is 4.10. The largest absolute Gasteiger partial charge is 0.372 e. The third-order valence-corrected chi connectivity index (χ3v) is 6.56. The molecular weight excluding hydrogens is 436 g/mol. The van der Waals surface area contributed by atoms with Crippen LogP contribution in [-0.4, -0.2) is 73.7 Å². The van der Waals surface area contributed by atoms with Crippen molar-refractivity contribution in [3.05, 3.63) is 59.1 Å². The van der Waals surface area contributed by atoms with Gasteiger partial charge in [-0.05, 0) is 75.3 Å². The zero-order valence-electron chi connectivity index (χ0n) is 19.7. The number of hydrogen-bond donors (Lipinski definition) is 1. The van der Waals surface area contributed by atoms with E-state index in [4.69, 9.17) is 16.3 Å². The van der Waals surface area contributed by atoms with Gasteiger partial charge in [-0.2, -0.15) is 0 Å². The third kappa shape index (κ3) is 7.18. The molecule has 0 saturated carbocycles. The lowest BCUT2D eigenvalue weighted by Crippen LogP contribution is -2.45. The number of benzene rings is 2. The predicted molar refractivity (Wildman–Crippen MR) is 135 cm³/mol. The maximum absolute atomic E-state index is 12.7. The van der Waals surface area contributed by atoms with Crippen LogP contribution in [0.15, 0.2) is 48.5 Å². The van der Waals surface area contributed by atoms with E-state index >= 15 is 0 Å². The fourth-order valence-corrected chi connectivity index (χ4v) is 4.86. The Morgan fingerprint density at radius 1 is 0.939 bits per heavy atom. The number of ether oxygens (including phenoxy) is 1. The van der Waals surface area contributed by atoms with Gasteiger partial charge in [0.1, 0.15) is 0 Å². The number of anilines is 2. The standard InChI is InChI=1S/C26H35ClN4O2/c1-20-16-31(17-21(2)33-20)25-10-8-24(9-11-25)28-26(32)19-30-13-3-12-29(14-15-30)18-22-4-6-23(27)7-5-22/h4-11,20-21H,3,12-19H2,1-2H3,(H,28,32). The van der Waals surface area contributed by atoms with Crippen molar-refractivity contribution in [2.45, 2.75) is 39.0 Å². The first-order chi connectivity index (χ1) is 15.9. The smallest absolute Gasteiger partial charge is 0.238 e. The lowest BCUT2D eigenvalue weighted by molar-refractivity contribution is -0.117. The highest BCUT2D eigenvalue weighted by atomic mass is 35.5. The Morgan fingerprint density at radius 3 is 2.27 bits per heavy atom. The molecule has 2 aliphatic rings. The minimum atomic E-state index is 0.0440. The van der Waals surface area contributed by atoms with Crippen LogP contribution in [0.25, 0.3) is 0 Å². The SMILES string of the molecule is CC1CN(c2ccc(NC(=O)CN3CCCN(Cc4ccc(Cl)cc4)CC3)cc2)CC(C)O1. The van der Waals surface area contributed by atoms with Crippen LogP contribution < -0.4 is 10.2 Å². The van der Waals surface area contributed by atoms with Gasteiger partial charge >= 0.3 is 0 Å². The first-order valence-corrected chi connectivity index (χ1v) is 12.3. The number of nitrogens with one attached hydrogen (secondary N) is 1. The fraction of sp³-hybridized carbons (Fsp3) is 0.500. The second-order valence-corrected chi connectivity index (χ2v) is 9.73. The Hall–Kier alpha value is -2.12. The van der Waals surface area contributed by atoms with Gasteiger partial charge in [0, 0.05) is 49.1 Å². The molecule has 7 heteroatoms.